The molecule has 0 heterocycles. The van der Waals surface area contributed by atoms with Gasteiger partial charge >= 0.3 is 6.09 Å². The molecule has 1 aromatic rings. The van der Waals surface area contributed by atoms with Crippen LogP contribution in [0.3, 0.4) is 0 Å². The van der Waals surface area contributed by atoms with Crippen LogP contribution < -0.4 is 5.32 Å². The van der Waals surface area contributed by atoms with E-state index in [9.17, 15) is 4.79 Å². The van der Waals surface area contributed by atoms with E-state index in [0.717, 1.165) is 18.5 Å². The number of benzene rings is 1. The van der Waals surface area contributed by atoms with Crippen molar-refractivity contribution in [3.63, 3.8) is 0 Å². The standard InChI is InChI=1S/C15H23NO3/c1-3-4-8-13(2)18-11-12-19-15(17)16-14-9-6-5-7-10-14/h5-7,9-10,13H,3-4,8,11-12H2,1-2H3,(H,16,17). The molecule has 0 aromatic heterocycles. The molecule has 1 atom stereocenters. The average molecular weight is 265 g/mol. The van der Waals surface area contributed by atoms with Crippen molar-refractivity contribution in [2.75, 3.05) is 18.5 Å². The molecule has 4 nitrogen and oxygen atoms in total. The summed E-state index contributed by atoms with van der Waals surface area (Å²) in [7, 11) is 0. The number of amides is 1. The zero-order valence-electron chi connectivity index (χ0n) is 11.7. The van der Waals surface area contributed by atoms with Gasteiger partial charge in [-0.2, -0.15) is 0 Å². The summed E-state index contributed by atoms with van der Waals surface area (Å²) < 4.78 is 10.6. The summed E-state index contributed by atoms with van der Waals surface area (Å²) in [5, 5.41) is 2.65. The van der Waals surface area contributed by atoms with E-state index in [1.165, 1.54) is 6.42 Å². The third-order valence-electron chi connectivity index (χ3n) is 2.70. The minimum absolute atomic E-state index is 0.223. The Kier molecular flexibility index (Phi) is 7.66. The van der Waals surface area contributed by atoms with Gasteiger partial charge in [0.2, 0.25) is 0 Å². The lowest BCUT2D eigenvalue weighted by Crippen LogP contribution is -2.18. The van der Waals surface area contributed by atoms with Crippen molar-refractivity contribution in [2.45, 2.75) is 39.2 Å². The molecule has 0 aliphatic carbocycles. The predicted molar refractivity (Wildman–Crippen MR) is 76.4 cm³/mol. The molecule has 1 rings (SSSR count). The summed E-state index contributed by atoms with van der Waals surface area (Å²) in [5.41, 5.74) is 0.727. The van der Waals surface area contributed by atoms with Crippen LogP contribution in [0.15, 0.2) is 30.3 Å². The zero-order chi connectivity index (χ0) is 13.9. The quantitative estimate of drug-likeness (QED) is 0.727. The fourth-order valence-corrected chi connectivity index (χ4v) is 1.63. The van der Waals surface area contributed by atoms with Crippen LogP contribution in [-0.2, 0) is 9.47 Å². The largest absolute Gasteiger partial charge is 0.447 e. The average Bonchev–Trinajstić information content (AvgIpc) is 2.42. The van der Waals surface area contributed by atoms with E-state index in [1.807, 2.05) is 37.3 Å². The van der Waals surface area contributed by atoms with Crippen molar-refractivity contribution in [3.05, 3.63) is 30.3 Å². The fraction of sp³-hybridized carbons (Fsp3) is 0.533. The van der Waals surface area contributed by atoms with Gasteiger partial charge in [0, 0.05) is 5.69 Å². The van der Waals surface area contributed by atoms with E-state index >= 15 is 0 Å². The Morgan fingerprint density at radius 3 is 2.68 bits per heavy atom. The highest BCUT2D eigenvalue weighted by atomic mass is 16.6. The molecule has 1 N–H and O–H groups in total. The summed E-state index contributed by atoms with van der Waals surface area (Å²) in [6.07, 6.45) is 3.16. The number of hydrogen-bond acceptors (Lipinski definition) is 3. The highest BCUT2D eigenvalue weighted by Gasteiger charge is 2.04. The number of para-hydroxylation sites is 1. The molecular weight excluding hydrogens is 242 g/mol. The lowest BCUT2D eigenvalue weighted by atomic mass is 10.2. The second-order valence-electron chi connectivity index (χ2n) is 4.45. The molecule has 0 bridgehead atoms. The van der Waals surface area contributed by atoms with E-state index in [4.69, 9.17) is 9.47 Å². The maximum Gasteiger partial charge on any atom is 0.411 e. The number of nitrogens with one attached hydrogen (secondary N) is 1. The van der Waals surface area contributed by atoms with Gasteiger partial charge in [-0.1, -0.05) is 38.0 Å². The van der Waals surface area contributed by atoms with E-state index in [1.54, 1.807) is 0 Å². The van der Waals surface area contributed by atoms with Gasteiger partial charge in [0.1, 0.15) is 6.61 Å². The predicted octanol–water partition coefficient (Wildman–Crippen LogP) is 3.83. The first-order chi connectivity index (χ1) is 9.22. The first-order valence-corrected chi connectivity index (χ1v) is 6.82. The monoisotopic (exact) mass is 265 g/mol. The number of carbonyl (C=O) groups is 1. The Bertz CT molecular complexity index is 354. The molecule has 0 saturated heterocycles. The SMILES string of the molecule is CCCCC(C)OCCOC(=O)Nc1ccccc1. The van der Waals surface area contributed by atoms with Crippen LogP contribution in [-0.4, -0.2) is 25.4 Å². The molecule has 0 radical (unpaired) electrons. The molecule has 19 heavy (non-hydrogen) atoms. The molecule has 0 saturated carbocycles. The number of anilines is 1. The second-order valence-corrected chi connectivity index (χ2v) is 4.45. The highest BCUT2D eigenvalue weighted by Crippen LogP contribution is 2.06. The number of rotatable bonds is 8. The van der Waals surface area contributed by atoms with Crippen molar-refractivity contribution >= 4 is 11.8 Å². The van der Waals surface area contributed by atoms with Gasteiger partial charge in [-0.25, -0.2) is 4.79 Å². The van der Waals surface area contributed by atoms with E-state index in [2.05, 4.69) is 12.2 Å². The van der Waals surface area contributed by atoms with Crippen molar-refractivity contribution in [1.29, 1.82) is 0 Å². The lowest BCUT2D eigenvalue weighted by Gasteiger charge is -2.12. The van der Waals surface area contributed by atoms with Gasteiger partial charge in [-0.15, -0.1) is 0 Å². The third-order valence-corrected chi connectivity index (χ3v) is 2.70. The summed E-state index contributed by atoms with van der Waals surface area (Å²) in [4.78, 5) is 11.4. The summed E-state index contributed by atoms with van der Waals surface area (Å²) >= 11 is 0. The van der Waals surface area contributed by atoms with Gasteiger partial charge in [0.05, 0.1) is 12.7 Å². The number of hydrogen-bond donors (Lipinski definition) is 1. The molecule has 0 spiro atoms. The number of unbranched alkanes of at least 4 members (excludes halogenated alkanes) is 1. The van der Waals surface area contributed by atoms with E-state index < -0.39 is 6.09 Å². The van der Waals surface area contributed by atoms with Gasteiger partial charge in [-0.05, 0) is 25.5 Å². The van der Waals surface area contributed by atoms with Gasteiger partial charge < -0.3 is 9.47 Å². The van der Waals surface area contributed by atoms with Gasteiger partial charge in [-0.3, -0.25) is 5.32 Å². The first-order valence-electron chi connectivity index (χ1n) is 6.82. The number of carbonyl (C=O) groups excluding carboxylic acids is 1. The number of ether oxygens (including phenoxy) is 2. The molecule has 0 aliphatic heterocycles. The smallest absolute Gasteiger partial charge is 0.411 e. The molecule has 1 unspecified atom stereocenters. The van der Waals surface area contributed by atoms with Crippen molar-refractivity contribution in [1.82, 2.24) is 0 Å². The molecule has 106 valence electrons. The van der Waals surface area contributed by atoms with Crippen molar-refractivity contribution in [3.8, 4) is 0 Å². The highest BCUT2D eigenvalue weighted by molar-refractivity contribution is 5.84. The van der Waals surface area contributed by atoms with Gasteiger partial charge in [0.15, 0.2) is 0 Å². The van der Waals surface area contributed by atoms with Crippen LogP contribution in [0.2, 0.25) is 0 Å². The molecule has 1 amide bonds. The normalized spacial score (nSPS) is 11.9. The van der Waals surface area contributed by atoms with E-state index in [0.29, 0.717) is 6.61 Å². The fourth-order valence-electron chi connectivity index (χ4n) is 1.63. The Balaban J connectivity index is 2.07. The van der Waals surface area contributed by atoms with Crippen LogP contribution in [0.4, 0.5) is 10.5 Å². The van der Waals surface area contributed by atoms with Crippen LogP contribution in [0.5, 0.6) is 0 Å². The molecular formula is C15H23NO3. The van der Waals surface area contributed by atoms with Crippen LogP contribution >= 0.6 is 0 Å². The molecule has 0 fully saturated rings. The summed E-state index contributed by atoms with van der Waals surface area (Å²) in [6.45, 7) is 4.91. The molecule has 0 aliphatic rings. The summed E-state index contributed by atoms with van der Waals surface area (Å²) in [5.74, 6) is 0. The Morgan fingerprint density at radius 1 is 1.26 bits per heavy atom. The minimum Gasteiger partial charge on any atom is -0.447 e. The van der Waals surface area contributed by atoms with Crippen molar-refractivity contribution in [2.24, 2.45) is 0 Å². The third kappa shape index (κ3) is 7.47. The van der Waals surface area contributed by atoms with Crippen molar-refractivity contribution < 1.29 is 14.3 Å². The minimum atomic E-state index is -0.448. The second kappa shape index (κ2) is 9.39. The molecule has 4 heteroatoms. The maximum atomic E-state index is 11.4. The van der Waals surface area contributed by atoms with E-state index in [-0.39, 0.29) is 12.7 Å². The maximum absolute atomic E-state index is 11.4. The zero-order valence-corrected chi connectivity index (χ0v) is 11.7. The van der Waals surface area contributed by atoms with Crippen LogP contribution in [0.1, 0.15) is 33.1 Å². The summed E-state index contributed by atoms with van der Waals surface area (Å²) in [6, 6.07) is 9.22. The Hall–Kier alpha value is -1.55. The molecule has 1 aromatic carbocycles. The lowest BCUT2D eigenvalue weighted by molar-refractivity contribution is 0.0286. The van der Waals surface area contributed by atoms with Crippen LogP contribution in [0, 0.1) is 0 Å². The first kappa shape index (κ1) is 15.5. The van der Waals surface area contributed by atoms with Gasteiger partial charge in [0.25, 0.3) is 0 Å². The van der Waals surface area contributed by atoms with Crippen LogP contribution in [0.25, 0.3) is 0 Å². The topological polar surface area (TPSA) is 47.6 Å². The Morgan fingerprint density at radius 2 is 2.00 bits per heavy atom. The Labute approximate surface area is 115 Å².